The molecule has 2 heterocycles. The molecule has 0 radical (unpaired) electrons. The second-order valence-electron chi connectivity index (χ2n) is 6.24. The summed E-state index contributed by atoms with van der Waals surface area (Å²) in [6.45, 7) is 0.741. The molecule has 0 aromatic heterocycles. The molecule has 4 rings (SSSR count). The third-order valence-corrected chi connectivity index (χ3v) is 4.48. The summed E-state index contributed by atoms with van der Waals surface area (Å²) in [4.78, 5) is 24.4. The maximum atomic E-state index is 12.3. The average molecular weight is 353 g/mol. The van der Waals surface area contributed by atoms with Gasteiger partial charge in [-0.1, -0.05) is 24.3 Å². The lowest BCUT2D eigenvalue weighted by Crippen LogP contribution is -2.49. The van der Waals surface area contributed by atoms with Gasteiger partial charge in [-0.05, 0) is 29.7 Å². The molecule has 0 aliphatic carbocycles. The van der Waals surface area contributed by atoms with Crippen LogP contribution in [0.5, 0.6) is 11.5 Å². The van der Waals surface area contributed by atoms with Crippen LogP contribution in [0, 0.1) is 0 Å². The van der Waals surface area contributed by atoms with Crippen LogP contribution < -0.4 is 25.4 Å². The fraction of sp³-hybridized carbons (Fsp3) is 0.263. The zero-order valence-corrected chi connectivity index (χ0v) is 14.1. The Morgan fingerprint density at radius 2 is 1.88 bits per heavy atom. The molecule has 2 aromatic rings. The third-order valence-electron chi connectivity index (χ3n) is 4.48. The largest absolute Gasteiger partial charge is 0.454 e. The fourth-order valence-corrected chi connectivity index (χ4v) is 3.11. The van der Waals surface area contributed by atoms with Gasteiger partial charge in [-0.25, -0.2) is 0 Å². The molecule has 2 aliphatic heterocycles. The van der Waals surface area contributed by atoms with Gasteiger partial charge < -0.3 is 25.4 Å². The predicted octanol–water partition coefficient (Wildman–Crippen LogP) is 1.18. The summed E-state index contributed by atoms with van der Waals surface area (Å²) < 4.78 is 10.5. The van der Waals surface area contributed by atoms with E-state index >= 15 is 0 Å². The molecule has 3 N–H and O–H groups in total. The van der Waals surface area contributed by atoms with Crippen molar-refractivity contribution in [3.63, 3.8) is 0 Å². The summed E-state index contributed by atoms with van der Waals surface area (Å²) in [6, 6.07) is 12.9. The van der Waals surface area contributed by atoms with Gasteiger partial charge in [0.15, 0.2) is 11.5 Å². The fourth-order valence-electron chi connectivity index (χ4n) is 3.11. The van der Waals surface area contributed by atoms with Gasteiger partial charge in [0, 0.05) is 18.3 Å². The molecule has 1 atom stereocenters. The molecule has 0 bridgehead atoms. The summed E-state index contributed by atoms with van der Waals surface area (Å²) in [7, 11) is 0. The lowest BCUT2D eigenvalue weighted by atomic mass is 9.95. The van der Waals surface area contributed by atoms with Crippen molar-refractivity contribution in [2.75, 3.05) is 18.7 Å². The lowest BCUT2D eigenvalue weighted by molar-refractivity contribution is -0.125. The Morgan fingerprint density at radius 3 is 2.77 bits per heavy atom. The van der Waals surface area contributed by atoms with Crippen molar-refractivity contribution in [3.8, 4) is 11.5 Å². The van der Waals surface area contributed by atoms with Crippen molar-refractivity contribution in [1.82, 2.24) is 10.6 Å². The second kappa shape index (κ2) is 7.05. The predicted molar refractivity (Wildman–Crippen MR) is 95.0 cm³/mol. The Kier molecular flexibility index (Phi) is 4.45. The zero-order chi connectivity index (χ0) is 17.9. The number of hydrogen-bond donors (Lipinski definition) is 3. The topological polar surface area (TPSA) is 88.7 Å². The first kappa shape index (κ1) is 16.4. The first-order chi connectivity index (χ1) is 12.7. The number of ether oxygens (including phenoxy) is 2. The number of hydrogen-bond acceptors (Lipinski definition) is 5. The summed E-state index contributed by atoms with van der Waals surface area (Å²) in [5.41, 5.74) is 2.96. The molecular weight excluding hydrogens is 334 g/mol. The molecule has 0 saturated carbocycles. The highest BCUT2D eigenvalue weighted by Gasteiger charge is 2.24. The van der Waals surface area contributed by atoms with Crippen molar-refractivity contribution < 1.29 is 19.1 Å². The quantitative estimate of drug-likeness (QED) is 0.768. The number of amides is 2. The first-order valence-corrected chi connectivity index (χ1v) is 8.46. The Labute approximate surface area is 150 Å². The van der Waals surface area contributed by atoms with E-state index in [1.807, 2.05) is 18.2 Å². The van der Waals surface area contributed by atoms with E-state index in [4.69, 9.17) is 9.47 Å². The maximum absolute atomic E-state index is 12.3. The molecular formula is C19H19N3O4. The van der Waals surface area contributed by atoms with Crippen molar-refractivity contribution in [2.45, 2.75) is 19.0 Å². The summed E-state index contributed by atoms with van der Waals surface area (Å²) in [5.74, 6) is 0.769. The number of fused-ring (bicyclic) bond motifs is 2. The zero-order valence-electron chi connectivity index (χ0n) is 14.1. The van der Waals surface area contributed by atoms with Crippen LogP contribution >= 0.6 is 0 Å². The molecule has 134 valence electrons. The van der Waals surface area contributed by atoms with Crippen LogP contribution in [0.15, 0.2) is 42.5 Å². The van der Waals surface area contributed by atoms with E-state index < -0.39 is 0 Å². The number of anilines is 1. The first-order valence-electron chi connectivity index (χ1n) is 8.46. The van der Waals surface area contributed by atoms with Crippen molar-refractivity contribution >= 4 is 17.5 Å². The molecule has 0 fully saturated rings. The monoisotopic (exact) mass is 353 g/mol. The van der Waals surface area contributed by atoms with Gasteiger partial charge >= 0.3 is 0 Å². The highest BCUT2D eigenvalue weighted by molar-refractivity contribution is 5.95. The Bertz CT molecular complexity index is 852. The SMILES string of the molecule is O=C(CNC(=O)[C@@H]1Cc2ccccc2CN1)Nc1ccc2c(c1)OCO2. The minimum atomic E-state index is -0.330. The summed E-state index contributed by atoms with van der Waals surface area (Å²) in [5, 5.41) is 8.62. The van der Waals surface area contributed by atoms with E-state index in [9.17, 15) is 9.59 Å². The van der Waals surface area contributed by atoms with Crippen LogP contribution in [0.3, 0.4) is 0 Å². The smallest absolute Gasteiger partial charge is 0.243 e. The molecule has 2 aromatic carbocycles. The number of carbonyl (C=O) groups excluding carboxylic acids is 2. The molecule has 7 nitrogen and oxygen atoms in total. The standard InChI is InChI=1S/C19H19N3O4/c23-18(22-14-5-6-16-17(8-14)26-11-25-16)10-21-19(24)15-7-12-3-1-2-4-13(12)9-20-15/h1-6,8,15,20H,7,9-11H2,(H,21,24)(H,22,23)/t15-/m0/s1. The molecule has 0 unspecified atom stereocenters. The minimum Gasteiger partial charge on any atom is -0.454 e. The normalized spacial score (nSPS) is 17.3. The highest BCUT2D eigenvalue weighted by atomic mass is 16.7. The molecule has 0 spiro atoms. The Balaban J connectivity index is 1.28. The van der Waals surface area contributed by atoms with E-state index in [-0.39, 0.29) is 31.2 Å². The van der Waals surface area contributed by atoms with Crippen LogP contribution in [-0.2, 0) is 22.6 Å². The molecule has 7 heteroatoms. The average Bonchev–Trinajstić information content (AvgIpc) is 3.13. The van der Waals surface area contributed by atoms with E-state index in [0.717, 1.165) is 5.56 Å². The van der Waals surface area contributed by atoms with Gasteiger partial charge in [0.1, 0.15) is 0 Å². The molecule has 2 aliphatic rings. The van der Waals surface area contributed by atoms with Gasteiger partial charge in [0.2, 0.25) is 18.6 Å². The maximum Gasteiger partial charge on any atom is 0.243 e. The Morgan fingerprint density at radius 1 is 1.08 bits per heavy atom. The van der Waals surface area contributed by atoms with Crippen LogP contribution in [0.4, 0.5) is 5.69 Å². The highest BCUT2D eigenvalue weighted by Crippen LogP contribution is 2.34. The van der Waals surface area contributed by atoms with E-state index in [2.05, 4.69) is 22.0 Å². The van der Waals surface area contributed by atoms with Crippen molar-refractivity contribution in [3.05, 3.63) is 53.6 Å². The summed E-state index contributed by atoms with van der Waals surface area (Å²) in [6.07, 6.45) is 0.617. The van der Waals surface area contributed by atoms with Crippen molar-refractivity contribution in [1.29, 1.82) is 0 Å². The lowest BCUT2D eigenvalue weighted by Gasteiger charge is -2.25. The van der Waals surface area contributed by atoms with Gasteiger partial charge in [0.05, 0.1) is 12.6 Å². The van der Waals surface area contributed by atoms with Gasteiger partial charge in [-0.3, -0.25) is 9.59 Å². The van der Waals surface area contributed by atoms with E-state index in [0.29, 0.717) is 30.2 Å². The van der Waals surface area contributed by atoms with Crippen LogP contribution in [0.1, 0.15) is 11.1 Å². The molecule has 2 amide bonds. The second-order valence-corrected chi connectivity index (χ2v) is 6.24. The molecule has 0 saturated heterocycles. The van der Waals surface area contributed by atoms with E-state index in [1.54, 1.807) is 18.2 Å². The van der Waals surface area contributed by atoms with Gasteiger partial charge in [-0.2, -0.15) is 0 Å². The number of benzene rings is 2. The summed E-state index contributed by atoms with van der Waals surface area (Å²) >= 11 is 0. The van der Waals surface area contributed by atoms with Crippen LogP contribution in [-0.4, -0.2) is 31.2 Å². The number of rotatable bonds is 4. The number of nitrogens with one attached hydrogen (secondary N) is 3. The van der Waals surface area contributed by atoms with Crippen LogP contribution in [0.25, 0.3) is 0 Å². The van der Waals surface area contributed by atoms with Gasteiger partial charge in [0.25, 0.3) is 0 Å². The van der Waals surface area contributed by atoms with E-state index in [1.165, 1.54) is 5.56 Å². The molecule has 26 heavy (non-hydrogen) atoms. The van der Waals surface area contributed by atoms with Crippen molar-refractivity contribution in [2.24, 2.45) is 0 Å². The minimum absolute atomic E-state index is 0.0902. The van der Waals surface area contributed by atoms with Crippen LogP contribution in [0.2, 0.25) is 0 Å². The number of carbonyl (C=O) groups is 2. The Hall–Kier alpha value is -3.06. The van der Waals surface area contributed by atoms with Gasteiger partial charge in [-0.15, -0.1) is 0 Å². The third kappa shape index (κ3) is 3.48.